The Balaban J connectivity index is 1.52. The van der Waals surface area contributed by atoms with Crippen LogP contribution in [0.4, 0.5) is 5.69 Å². The van der Waals surface area contributed by atoms with E-state index in [4.69, 9.17) is 4.42 Å². The summed E-state index contributed by atoms with van der Waals surface area (Å²) in [5.41, 5.74) is 1.24. The molecule has 136 valence electrons. The third-order valence-electron chi connectivity index (χ3n) is 4.30. The van der Waals surface area contributed by atoms with E-state index in [1.165, 1.54) is 12.0 Å². The lowest BCUT2D eigenvalue weighted by Gasteiger charge is -2.19. The highest BCUT2D eigenvalue weighted by atomic mass is 16.3. The Morgan fingerprint density at radius 2 is 2.04 bits per heavy atom. The first-order chi connectivity index (χ1) is 12.6. The number of furan rings is 1. The van der Waals surface area contributed by atoms with E-state index in [1.807, 2.05) is 25.2 Å². The smallest absolute Gasteiger partial charge is 0.262 e. The summed E-state index contributed by atoms with van der Waals surface area (Å²) in [5.74, 6) is 0.0849. The van der Waals surface area contributed by atoms with E-state index in [1.54, 1.807) is 6.92 Å². The number of amides is 1. The fraction of sp³-hybridized carbons (Fsp3) is 0.316. The molecule has 7 nitrogen and oxygen atoms in total. The van der Waals surface area contributed by atoms with Gasteiger partial charge in [0.15, 0.2) is 0 Å². The molecule has 0 saturated carbocycles. The summed E-state index contributed by atoms with van der Waals surface area (Å²) in [6.45, 7) is 3.09. The molecule has 26 heavy (non-hydrogen) atoms. The Labute approximate surface area is 151 Å². The number of rotatable bonds is 7. The highest BCUT2D eigenvalue weighted by molar-refractivity contribution is 6.06. The Morgan fingerprint density at radius 3 is 2.81 bits per heavy atom. The van der Waals surface area contributed by atoms with Crippen LogP contribution >= 0.6 is 0 Å². The van der Waals surface area contributed by atoms with Crippen LogP contribution in [0.1, 0.15) is 29.0 Å². The normalized spacial score (nSPS) is 10.8. The van der Waals surface area contributed by atoms with Gasteiger partial charge in [-0.05, 0) is 31.9 Å². The molecule has 0 fully saturated rings. The van der Waals surface area contributed by atoms with Gasteiger partial charge in [0.1, 0.15) is 11.1 Å². The number of hydrogen-bond donors (Lipinski definition) is 2. The van der Waals surface area contributed by atoms with Gasteiger partial charge in [0, 0.05) is 25.8 Å². The monoisotopic (exact) mass is 354 g/mol. The van der Waals surface area contributed by atoms with Gasteiger partial charge in [-0.1, -0.05) is 18.2 Å². The summed E-state index contributed by atoms with van der Waals surface area (Å²) < 4.78 is 5.41. The van der Waals surface area contributed by atoms with Crippen LogP contribution in [-0.2, 0) is 0 Å². The largest absolute Gasteiger partial charge is 0.442 e. The third-order valence-corrected chi connectivity index (χ3v) is 4.30. The lowest BCUT2D eigenvalue weighted by molar-refractivity contribution is 0.0953. The Hall–Kier alpha value is -3.09. The Morgan fingerprint density at radius 1 is 1.27 bits per heavy atom. The van der Waals surface area contributed by atoms with Crippen molar-refractivity contribution in [3.63, 3.8) is 0 Å². The third kappa shape index (κ3) is 3.77. The molecular weight excluding hydrogens is 332 g/mol. The van der Waals surface area contributed by atoms with Gasteiger partial charge in [0.05, 0.1) is 11.9 Å². The van der Waals surface area contributed by atoms with Gasteiger partial charge in [-0.3, -0.25) is 9.59 Å². The van der Waals surface area contributed by atoms with E-state index < -0.39 is 0 Å². The second-order valence-electron chi connectivity index (χ2n) is 6.17. The van der Waals surface area contributed by atoms with Crippen LogP contribution in [-0.4, -0.2) is 36.0 Å². The number of carbonyl (C=O) groups excluding carboxylic acids is 1. The van der Waals surface area contributed by atoms with Crippen LogP contribution in [0.3, 0.4) is 0 Å². The van der Waals surface area contributed by atoms with E-state index in [9.17, 15) is 9.59 Å². The summed E-state index contributed by atoms with van der Waals surface area (Å²) in [4.78, 5) is 33.0. The molecule has 0 aliphatic heterocycles. The van der Waals surface area contributed by atoms with Gasteiger partial charge < -0.3 is 19.6 Å². The number of H-pyrrole nitrogens is 1. The first-order valence-electron chi connectivity index (χ1n) is 8.59. The van der Waals surface area contributed by atoms with Crippen LogP contribution < -0.4 is 15.8 Å². The molecule has 2 aromatic heterocycles. The second-order valence-corrected chi connectivity index (χ2v) is 6.17. The van der Waals surface area contributed by atoms with Gasteiger partial charge >= 0.3 is 0 Å². The minimum absolute atomic E-state index is 0.181. The number of benzene rings is 1. The number of nitrogens with one attached hydrogen (secondary N) is 2. The summed E-state index contributed by atoms with van der Waals surface area (Å²) in [7, 11) is 2.05. The molecule has 2 heterocycles. The number of aryl methyl sites for hydroxylation is 1. The second kappa shape index (κ2) is 7.86. The van der Waals surface area contributed by atoms with Crippen molar-refractivity contribution < 1.29 is 9.21 Å². The van der Waals surface area contributed by atoms with Crippen LogP contribution in [0.2, 0.25) is 0 Å². The molecule has 0 bridgehead atoms. The Kier molecular flexibility index (Phi) is 5.36. The van der Waals surface area contributed by atoms with E-state index >= 15 is 0 Å². The highest BCUT2D eigenvalue weighted by Crippen LogP contribution is 2.20. The van der Waals surface area contributed by atoms with Crippen molar-refractivity contribution >= 4 is 22.7 Å². The van der Waals surface area contributed by atoms with Crippen molar-refractivity contribution in [2.75, 3.05) is 25.0 Å². The molecular formula is C19H22N4O3. The van der Waals surface area contributed by atoms with Gasteiger partial charge in [-0.25, -0.2) is 4.98 Å². The molecule has 1 aromatic carbocycles. The lowest BCUT2D eigenvalue weighted by Crippen LogP contribution is -2.27. The fourth-order valence-corrected chi connectivity index (χ4v) is 2.90. The fourth-order valence-electron chi connectivity index (χ4n) is 2.90. The first kappa shape index (κ1) is 17.7. The highest BCUT2D eigenvalue weighted by Gasteiger charge is 2.21. The molecule has 0 saturated heterocycles. The molecule has 2 N–H and O–H groups in total. The Bertz CT molecular complexity index is 946. The summed E-state index contributed by atoms with van der Waals surface area (Å²) in [6.07, 6.45) is 3.05. The minimum atomic E-state index is -0.374. The molecule has 0 aliphatic carbocycles. The average Bonchev–Trinajstić information content (AvgIpc) is 2.99. The zero-order chi connectivity index (χ0) is 18.5. The molecule has 0 spiro atoms. The molecule has 0 unspecified atom stereocenters. The van der Waals surface area contributed by atoms with Crippen molar-refractivity contribution in [2.45, 2.75) is 19.8 Å². The molecule has 3 aromatic rings. The molecule has 3 rings (SSSR count). The molecule has 0 aliphatic rings. The van der Waals surface area contributed by atoms with Crippen LogP contribution in [0.25, 0.3) is 11.1 Å². The van der Waals surface area contributed by atoms with E-state index in [2.05, 4.69) is 32.3 Å². The number of hydrogen-bond acceptors (Lipinski definition) is 5. The number of para-hydroxylation sites is 1. The van der Waals surface area contributed by atoms with Crippen LogP contribution in [0.5, 0.6) is 0 Å². The predicted octanol–water partition coefficient (Wildman–Crippen LogP) is 2.47. The van der Waals surface area contributed by atoms with Crippen molar-refractivity contribution in [3.8, 4) is 0 Å². The van der Waals surface area contributed by atoms with E-state index in [0.717, 1.165) is 19.4 Å². The maximum absolute atomic E-state index is 12.4. The van der Waals surface area contributed by atoms with Crippen LogP contribution in [0.15, 0.2) is 45.9 Å². The quantitative estimate of drug-likeness (QED) is 0.636. The van der Waals surface area contributed by atoms with Crippen molar-refractivity contribution in [2.24, 2.45) is 0 Å². The van der Waals surface area contributed by atoms with E-state index in [-0.39, 0.29) is 28.1 Å². The molecule has 7 heteroatoms. The van der Waals surface area contributed by atoms with E-state index in [0.29, 0.717) is 12.3 Å². The molecule has 1 amide bonds. The predicted molar refractivity (Wildman–Crippen MR) is 101 cm³/mol. The molecule has 0 radical (unpaired) electrons. The number of carbonyl (C=O) groups is 1. The molecule has 0 atom stereocenters. The number of anilines is 1. The maximum atomic E-state index is 12.4. The van der Waals surface area contributed by atoms with Gasteiger partial charge in [-0.2, -0.15) is 0 Å². The SMILES string of the molecule is Cc1oc2nc[nH]c(=O)c2c1C(=O)NCCCCN(C)c1ccccc1. The van der Waals surface area contributed by atoms with Crippen molar-refractivity contribution in [3.05, 3.63) is 58.3 Å². The topological polar surface area (TPSA) is 91.2 Å². The summed E-state index contributed by atoms with van der Waals surface area (Å²) in [6, 6.07) is 10.2. The standard InChI is InChI=1S/C19H22N4O3/c1-13-15(16-18(25)21-12-22-19(16)26-13)17(24)20-10-6-7-11-23(2)14-8-4-3-5-9-14/h3-5,8-9,12H,6-7,10-11H2,1-2H3,(H,20,24)(H,21,22,25). The minimum Gasteiger partial charge on any atom is -0.442 e. The van der Waals surface area contributed by atoms with Crippen LogP contribution in [0, 0.1) is 6.92 Å². The number of aromatic nitrogens is 2. The number of unbranched alkanes of at least 4 members (excludes halogenated alkanes) is 1. The average molecular weight is 354 g/mol. The number of nitrogens with zero attached hydrogens (tertiary/aromatic N) is 2. The zero-order valence-corrected chi connectivity index (χ0v) is 14.9. The maximum Gasteiger partial charge on any atom is 0.262 e. The first-order valence-corrected chi connectivity index (χ1v) is 8.59. The van der Waals surface area contributed by atoms with Gasteiger partial charge in [0.25, 0.3) is 11.5 Å². The summed E-state index contributed by atoms with van der Waals surface area (Å²) in [5, 5.41) is 3.06. The van der Waals surface area contributed by atoms with Crippen molar-refractivity contribution in [1.82, 2.24) is 15.3 Å². The summed E-state index contributed by atoms with van der Waals surface area (Å²) >= 11 is 0. The van der Waals surface area contributed by atoms with Crippen molar-refractivity contribution in [1.29, 1.82) is 0 Å². The number of aromatic amines is 1. The number of fused-ring (bicyclic) bond motifs is 1. The zero-order valence-electron chi connectivity index (χ0n) is 14.9. The van der Waals surface area contributed by atoms with Gasteiger partial charge in [0.2, 0.25) is 5.71 Å². The van der Waals surface area contributed by atoms with Gasteiger partial charge in [-0.15, -0.1) is 0 Å². The lowest BCUT2D eigenvalue weighted by atomic mass is 10.1.